The van der Waals surface area contributed by atoms with Crippen molar-refractivity contribution in [3.63, 3.8) is 0 Å². The standard InChI is InChI=1S/C17H31N3O2S/c1-2-23(22)16-5-3-4-14(10-16)18-17(21)19-15-8-9-20(12-15)11-13-6-7-13/h13-16H,2-12H2,1H3,(H2,18,19,21). The fraction of sp³-hybridized carbons (Fsp3) is 0.941. The lowest BCUT2D eigenvalue weighted by atomic mass is 9.95. The van der Waals surface area contributed by atoms with Crippen molar-refractivity contribution in [2.45, 2.75) is 69.2 Å². The molecule has 3 rings (SSSR count). The third kappa shape index (κ3) is 5.18. The summed E-state index contributed by atoms with van der Waals surface area (Å²) in [6, 6.07) is 0.447. The lowest BCUT2D eigenvalue weighted by molar-refractivity contribution is 0.228. The Balaban J connectivity index is 1.38. The highest BCUT2D eigenvalue weighted by atomic mass is 32.2. The average Bonchev–Trinajstić information content (AvgIpc) is 3.25. The van der Waals surface area contributed by atoms with Crippen molar-refractivity contribution >= 4 is 16.8 Å². The summed E-state index contributed by atoms with van der Waals surface area (Å²) in [5, 5.41) is 6.52. The van der Waals surface area contributed by atoms with Gasteiger partial charge >= 0.3 is 6.03 Å². The second-order valence-electron chi connectivity index (χ2n) is 7.46. The minimum Gasteiger partial charge on any atom is -0.335 e. The number of urea groups is 1. The van der Waals surface area contributed by atoms with Gasteiger partial charge in [0.15, 0.2) is 0 Å². The molecule has 6 heteroatoms. The zero-order valence-corrected chi connectivity index (χ0v) is 15.1. The molecule has 1 saturated heterocycles. The molecule has 3 aliphatic rings. The van der Waals surface area contributed by atoms with Gasteiger partial charge in [0.1, 0.15) is 0 Å². The molecule has 2 aliphatic carbocycles. The van der Waals surface area contributed by atoms with Crippen LogP contribution in [-0.4, -0.2) is 57.9 Å². The zero-order valence-electron chi connectivity index (χ0n) is 14.3. The summed E-state index contributed by atoms with van der Waals surface area (Å²) >= 11 is 0. The van der Waals surface area contributed by atoms with Gasteiger partial charge in [-0.2, -0.15) is 0 Å². The fourth-order valence-corrected chi connectivity index (χ4v) is 5.29. The summed E-state index contributed by atoms with van der Waals surface area (Å²) < 4.78 is 12.0. The molecule has 2 N–H and O–H groups in total. The van der Waals surface area contributed by atoms with Crippen molar-refractivity contribution < 1.29 is 9.00 Å². The Kier molecular flexibility index (Phi) is 5.96. The van der Waals surface area contributed by atoms with Crippen LogP contribution in [0.3, 0.4) is 0 Å². The molecule has 0 bridgehead atoms. The Labute approximate surface area is 142 Å². The molecule has 132 valence electrons. The molecule has 5 nitrogen and oxygen atoms in total. The SMILES string of the molecule is CCS(=O)C1CCCC(NC(=O)NC2CCN(CC3CC3)C2)C1. The minimum atomic E-state index is -0.736. The number of nitrogens with zero attached hydrogens (tertiary/aromatic N) is 1. The van der Waals surface area contributed by atoms with Gasteiger partial charge in [-0.3, -0.25) is 4.21 Å². The van der Waals surface area contributed by atoms with E-state index in [0.29, 0.717) is 0 Å². The van der Waals surface area contributed by atoms with E-state index < -0.39 is 10.8 Å². The van der Waals surface area contributed by atoms with E-state index in [4.69, 9.17) is 0 Å². The summed E-state index contributed by atoms with van der Waals surface area (Å²) in [4.78, 5) is 14.7. The summed E-state index contributed by atoms with van der Waals surface area (Å²) in [6.45, 7) is 5.31. The molecule has 2 saturated carbocycles. The molecular weight excluding hydrogens is 310 g/mol. The maximum atomic E-state index is 12.2. The van der Waals surface area contributed by atoms with Crippen molar-refractivity contribution in [1.29, 1.82) is 0 Å². The van der Waals surface area contributed by atoms with Crippen molar-refractivity contribution in [3.05, 3.63) is 0 Å². The van der Waals surface area contributed by atoms with Crippen molar-refractivity contribution in [2.24, 2.45) is 5.92 Å². The summed E-state index contributed by atoms with van der Waals surface area (Å²) in [5.74, 6) is 1.64. The molecule has 0 aromatic heterocycles. The molecule has 3 fully saturated rings. The first kappa shape index (κ1) is 17.2. The quantitative estimate of drug-likeness (QED) is 0.775. The highest BCUT2D eigenvalue weighted by Gasteiger charge is 2.31. The molecule has 0 aromatic carbocycles. The topological polar surface area (TPSA) is 61.4 Å². The van der Waals surface area contributed by atoms with E-state index in [1.165, 1.54) is 19.4 Å². The van der Waals surface area contributed by atoms with E-state index in [2.05, 4.69) is 15.5 Å². The molecule has 2 amide bonds. The fourth-order valence-electron chi connectivity index (χ4n) is 3.94. The van der Waals surface area contributed by atoms with Crippen LogP contribution in [0.1, 0.15) is 51.9 Å². The Hall–Kier alpha value is -0.620. The van der Waals surface area contributed by atoms with E-state index in [-0.39, 0.29) is 23.4 Å². The maximum absolute atomic E-state index is 12.2. The van der Waals surface area contributed by atoms with Crippen LogP contribution in [-0.2, 0) is 10.8 Å². The van der Waals surface area contributed by atoms with E-state index >= 15 is 0 Å². The predicted molar refractivity (Wildman–Crippen MR) is 94.0 cm³/mol. The second kappa shape index (κ2) is 7.97. The average molecular weight is 342 g/mol. The third-order valence-electron chi connectivity index (χ3n) is 5.44. The van der Waals surface area contributed by atoms with E-state index in [1.54, 1.807) is 0 Å². The van der Waals surface area contributed by atoms with Crippen LogP contribution in [0.2, 0.25) is 0 Å². The van der Waals surface area contributed by atoms with Crippen LogP contribution >= 0.6 is 0 Å². The maximum Gasteiger partial charge on any atom is 0.315 e. The first-order chi connectivity index (χ1) is 11.1. The third-order valence-corrected chi connectivity index (χ3v) is 7.18. The number of hydrogen-bond donors (Lipinski definition) is 2. The van der Waals surface area contributed by atoms with Crippen molar-refractivity contribution in [2.75, 3.05) is 25.4 Å². The number of rotatable bonds is 6. The minimum absolute atomic E-state index is 0.0313. The van der Waals surface area contributed by atoms with Gasteiger partial charge < -0.3 is 15.5 Å². The summed E-state index contributed by atoms with van der Waals surface area (Å²) in [5.41, 5.74) is 0. The Bertz CT molecular complexity index is 442. The smallest absolute Gasteiger partial charge is 0.315 e. The first-order valence-corrected chi connectivity index (χ1v) is 10.7. The number of hydrogen-bond acceptors (Lipinski definition) is 3. The van der Waals surface area contributed by atoms with Gasteiger partial charge in [-0.1, -0.05) is 13.3 Å². The lowest BCUT2D eigenvalue weighted by Gasteiger charge is -2.29. The molecule has 1 aliphatic heterocycles. The van der Waals surface area contributed by atoms with Crippen molar-refractivity contribution in [3.8, 4) is 0 Å². The number of amides is 2. The molecule has 4 atom stereocenters. The first-order valence-electron chi connectivity index (χ1n) is 9.30. The normalized spacial score (nSPS) is 33.3. The van der Waals surface area contributed by atoms with Crippen LogP contribution in [0.25, 0.3) is 0 Å². The largest absolute Gasteiger partial charge is 0.335 e. The van der Waals surface area contributed by atoms with Crippen LogP contribution in [0.15, 0.2) is 0 Å². The molecular formula is C17H31N3O2S. The van der Waals surface area contributed by atoms with Gasteiger partial charge in [0, 0.05) is 53.5 Å². The lowest BCUT2D eigenvalue weighted by Crippen LogP contribution is -2.49. The van der Waals surface area contributed by atoms with Gasteiger partial charge in [-0.15, -0.1) is 0 Å². The van der Waals surface area contributed by atoms with Gasteiger partial charge in [-0.05, 0) is 44.4 Å². The van der Waals surface area contributed by atoms with Crippen LogP contribution in [0.4, 0.5) is 4.79 Å². The van der Waals surface area contributed by atoms with Crippen LogP contribution in [0, 0.1) is 5.92 Å². The number of nitrogens with one attached hydrogen (secondary N) is 2. The molecule has 4 unspecified atom stereocenters. The molecule has 0 spiro atoms. The van der Waals surface area contributed by atoms with Gasteiger partial charge in [0.2, 0.25) is 0 Å². The van der Waals surface area contributed by atoms with Gasteiger partial charge in [0.25, 0.3) is 0 Å². The van der Waals surface area contributed by atoms with Crippen molar-refractivity contribution in [1.82, 2.24) is 15.5 Å². The number of carbonyl (C=O) groups is 1. The highest BCUT2D eigenvalue weighted by molar-refractivity contribution is 7.85. The van der Waals surface area contributed by atoms with Gasteiger partial charge in [-0.25, -0.2) is 4.79 Å². The summed E-state index contributed by atoms with van der Waals surface area (Å²) in [6.07, 6.45) is 7.83. The van der Waals surface area contributed by atoms with E-state index in [0.717, 1.165) is 56.9 Å². The second-order valence-corrected chi connectivity index (χ2v) is 9.47. The Morgan fingerprint density at radius 3 is 2.65 bits per heavy atom. The Morgan fingerprint density at radius 2 is 1.91 bits per heavy atom. The van der Waals surface area contributed by atoms with E-state index in [1.807, 2.05) is 6.92 Å². The monoisotopic (exact) mass is 341 g/mol. The molecule has 0 aromatic rings. The van der Waals surface area contributed by atoms with Crippen LogP contribution in [0.5, 0.6) is 0 Å². The van der Waals surface area contributed by atoms with E-state index in [9.17, 15) is 9.00 Å². The van der Waals surface area contributed by atoms with Gasteiger partial charge in [0.05, 0.1) is 0 Å². The Morgan fingerprint density at radius 1 is 1.13 bits per heavy atom. The molecule has 0 radical (unpaired) electrons. The number of likely N-dealkylation sites (tertiary alicyclic amines) is 1. The molecule has 1 heterocycles. The molecule has 23 heavy (non-hydrogen) atoms. The number of carbonyl (C=O) groups excluding carboxylic acids is 1. The van der Waals surface area contributed by atoms with Crippen LogP contribution < -0.4 is 10.6 Å². The summed E-state index contributed by atoms with van der Waals surface area (Å²) in [7, 11) is -0.736. The predicted octanol–water partition coefficient (Wildman–Crippen LogP) is 1.85. The highest BCUT2D eigenvalue weighted by Crippen LogP contribution is 2.30. The zero-order chi connectivity index (χ0) is 16.2.